The van der Waals surface area contributed by atoms with Gasteiger partial charge in [0, 0.05) is 17.3 Å². The first-order valence-corrected chi connectivity index (χ1v) is 9.87. The number of aliphatic hydroxyl groups is 2. The summed E-state index contributed by atoms with van der Waals surface area (Å²) in [5.74, 6) is 1.25. The molecule has 4 rings (SSSR count). The molecule has 25 heavy (non-hydrogen) atoms. The normalized spacial score (nSPS) is 49.0. The van der Waals surface area contributed by atoms with E-state index in [4.69, 9.17) is 0 Å². The molecule has 2 N–H and O–H groups in total. The Labute approximate surface area is 149 Å². The summed E-state index contributed by atoms with van der Waals surface area (Å²) in [7, 11) is 0. The summed E-state index contributed by atoms with van der Waals surface area (Å²) >= 11 is 0. The summed E-state index contributed by atoms with van der Waals surface area (Å²) in [6.07, 6.45) is 8.22. The highest BCUT2D eigenvalue weighted by Gasteiger charge is 2.65. The van der Waals surface area contributed by atoms with E-state index in [-0.39, 0.29) is 29.0 Å². The molecule has 0 aliphatic heterocycles. The van der Waals surface area contributed by atoms with Crippen LogP contribution in [-0.4, -0.2) is 34.0 Å². The van der Waals surface area contributed by atoms with Crippen LogP contribution in [0.1, 0.15) is 65.2 Å². The maximum Gasteiger partial charge on any atom is 0.161 e. The van der Waals surface area contributed by atoms with Gasteiger partial charge in [-0.2, -0.15) is 0 Å². The van der Waals surface area contributed by atoms with Gasteiger partial charge in [0.15, 0.2) is 11.6 Å². The molecule has 0 aromatic carbocycles. The van der Waals surface area contributed by atoms with E-state index in [1.54, 1.807) is 0 Å². The minimum Gasteiger partial charge on any atom is -0.395 e. The van der Waals surface area contributed by atoms with Crippen LogP contribution >= 0.6 is 0 Å². The van der Waals surface area contributed by atoms with Crippen molar-refractivity contribution in [2.24, 2.45) is 28.6 Å². The van der Waals surface area contributed by atoms with E-state index in [9.17, 15) is 19.8 Å². The van der Waals surface area contributed by atoms with Crippen molar-refractivity contribution < 1.29 is 19.8 Å². The van der Waals surface area contributed by atoms with Gasteiger partial charge >= 0.3 is 0 Å². The van der Waals surface area contributed by atoms with E-state index in [0.29, 0.717) is 30.6 Å². The Morgan fingerprint density at radius 2 is 1.88 bits per heavy atom. The van der Waals surface area contributed by atoms with Crippen LogP contribution < -0.4 is 0 Å². The molecular weight excluding hydrogens is 316 g/mol. The van der Waals surface area contributed by atoms with Gasteiger partial charge in [-0.15, -0.1) is 0 Å². The SMILES string of the molecule is CC(=O)[C@@]1(O)CC[C@H]2[C@@H]3CCC4=CC(=O)CC[C@]4(CO)[C@H]3CC[C@@]21C. The Balaban J connectivity index is 1.72. The lowest BCUT2D eigenvalue weighted by atomic mass is 9.46. The lowest BCUT2D eigenvalue weighted by Gasteiger charge is -2.59. The van der Waals surface area contributed by atoms with E-state index in [0.717, 1.165) is 44.1 Å². The molecular formula is C21H30O4. The van der Waals surface area contributed by atoms with Gasteiger partial charge in [0.25, 0.3) is 0 Å². The molecule has 0 saturated heterocycles. The second-order valence-electron chi connectivity index (χ2n) is 9.28. The molecule has 3 saturated carbocycles. The minimum atomic E-state index is -1.19. The van der Waals surface area contributed by atoms with Crippen molar-refractivity contribution in [2.75, 3.05) is 6.61 Å². The van der Waals surface area contributed by atoms with Crippen LogP contribution in [0.2, 0.25) is 0 Å². The predicted octanol–water partition coefficient (Wildman–Crippen LogP) is 2.81. The minimum absolute atomic E-state index is 0.0903. The molecule has 6 atom stereocenters. The van der Waals surface area contributed by atoms with Crippen molar-refractivity contribution >= 4 is 11.6 Å². The molecule has 4 heteroatoms. The number of hydrogen-bond acceptors (Lipinski definition) is 4. The molecule has 138 valence electrons. The summed E-state index contributed by atoms with van der Waals surface area (Å²) in [6, 6.07) is 0. The molecule has 0 amide bonds. The molecule has 0 heterocycles. The van der Waals surface area contributed by atoms with Crippen molar-refractivity contribution in [3.8, 4) is 0 Å². The van der Waals surface area contributed by atoms with Crippen LogP contribution in [0.5, 0.6) is 0 Å². The number of hydrogen-bond donors (Lipinski definition) is 2. The van der Waals surface area contributed by atoms with Crippen LogP contribution in [0.3, 0.4) is 0 Å². The lowest BCUT2D eigenvalue weighted by molar-refractivity contribution is -0.162. The molecule has 0 spiro atoms. The van der Waals surface area contributed by atoms with Crippen molar-refractivity contribution in [3.05, 3.63) is 11.6 Å². The molecule has 0 aromatic rings. The number of rotatable bonds is 2. The fourth-order valence-electron chi connectivity index (χ4n) is 7.25. The molecule has 4 aliphatic rings. The van der Waals surface area contributed by atoms with Crippen LogP contribution in [0, 0.1) is 28.6 Å². The van der Waals surface area contributed by atoms with Gasteiger partial charge in [0.05, 0.1) is 6.61 Å². The van der Waals surface area contributed by atoms with Gasteiger partial charge in [-0.3, -0.25) is 9.59 Å². The highest BCUT2D eigenvalue weighted by Crippen LogP contribution is 2.67. The van der Waals surface area contributed by atoms with Crippen molar-refractivity contribution in [1.29, 1.82) is 0 Å². The third kappa shape index (κ3) is 2.07. The first kappa shape index (κ1) is 17.4. The van der Waals surface area contributed by atoms with E-state index in [1.165, 1.54) is 6.92 Å². The smallest absolute Gasteiger partial charge is 0.161 e. The predicted molar refractivity (Wildman–Crippen MR) is 93.8 cm³/mol. The number of carbonyl (C=O) groups is 2. The summed E-state index contributed by atoms with van der Waals surface area (Å²) < 4.78 is 0. The topological polar surface area (TPSA) is 74.6 Å². The third-order valence-electron chi connectivity index (χ3n) is 8.70. The van der Waals surface area contributed by atoms with Gasteiger partial charge in [0.2, 0.25) is 0 Å². The van der Waals surface area contributed by atoms with E-state index < -0.39 is 5.60 Å². The lowest BCUT2D eigenvalue weighted by Crippen LogP contribution is -2.58. The number of aliphatic hydroxyl groups excluding tert-OH is 1. The summed E-state index contributed by atoms with van der Waals surface area (Å²) in [6.45, 7) is 3.76. The third-order valence-corrected chi connectivity index (χ3v) is 8.70. The van der Waals surface area contributed by atoms with Crippen molar-refractivity contribution in [2.45, 2.75) is 70.8 Å². The quantitative estimate of drug-likeness (QED) is 0.806. The fourth-order valence-corrected chi connectivity index (χ4v) is 7.25. The molecule has 0 bridgehead atoms. The Hall–Kier alpha value is -1.00. The number of carbonyl (C=O) groups excluding carboxylic acids is 2. The van der Waals surface area contributed by atoms with Gasteiger partial charge in [-0.05, 0) is 75.7 Å². The zero-order chi connectivity index (χ0) is 18.0. The molecule has 3 fully saturated rings. The van der Waals surface area contributed by atoms with Crippen molar-refractivity contribution in [3.63, 3.8) is 0 Å². The standard InChI is InChI=1S/C21H30O4/c1-13(23)21(25)10-7-17-16-4-3-14-11-15(24)5-9-20(14,12-22)18(16)6-8-19(17,21)2/h11,16-18,22,25H,3-10,12H2,1-2H3/t16-,17-,18-,19-,20+,21-/m0/s1. The Bertz CT molecular complexity index is 652. The van der Waals surface area contributed by atoms with E-state index in [1.807, 2.05) is 6.08 Å². The van der Waals surface area contributed by atoms with Gasteiger partial charge < -0.3 is 10.2 Å². The van der Waals surface area contributed by atoms with Gasteiger partial charge in [0.1, 0.15) is 5.60 Å². The molecule has 0 unspecified atom stereocenters. The van der Waals surface area contributed by atoms with Gasteiger partial charge in [-0.1, -0.05) is 12.5 Å². The number of ketones is 2. The van der Waals surface area contributed by atoms with E-state index >= 15 is 0 Å². The zero-order valence-corrected chi connectivity index (χ0v) is 15.4. The maximum atomic E-state index is 12.2. The van der Waals surface area contributed by atoms with Gasteiger partial charge in [-0.25, -0.2) is 0 Å². The van der Waals surface area contributed by atoms with Crippen LogP contribution in [0.25, 0.3) is 0 Å². The maximum absolute atomic E-state index is 12.2. The zero-order valence-electron chi connectivity index (χ0n) is 15.4. The average molecular weight is 346 g/mol. The Morgan fingerprint density at radius 3 is 2.56 bits per heavy atom. The second kappa shape index (κ2) is 5.50. The summed E-state index contributed by atoms with van der Waals surface area (Å²) in [5, 5.41) is 21.5. The monoisotopic (exact) mass is 346 g/mol. The highest BCUT2D eigenvalue weighted by molar-refractivity contribution is 5.91. The Morgan fingerprint density at radius 1 is 1.16 bits per heavy atom. The van der Waals surface area contributed by atoms with Crippen LogP contribution in [0.4, 0.5) is 0 Å². The number of Topliss-reactive ketones (excluding diaryl/α,β-unsaturated/α-hetero) is 1. The first-order valence-electron chi connectivity index (χ1n) is 9.87. The number of fused-ring (bicyclic) bond motifs is 5. The molecule has 0 radical (unpaired) electrons. The second-order valence-corrected chi connectivity index (χ2v) is 9.28. The fraction of sp³-hybridized carbons (Fsp3) is 0.810. The molecule has 4 aliphatic carbocycles. The van der Waals surface area contributed by atoms with Crippen molar-refractivity contribution in [1.82, 2.24) is 0 Å². The highest BCUT2D eigenvalue weighted by atomic mass is 16.3. The summed E-state index contributed by atoms with van der Waals surface area (Å²) in [4.78, 5) is 24.1. The van der Waals surface area contributed by atoms with Crippen LogP contribution in [0.15, 0.2) is 11.6 Å². The first-order chi connectivity index (χ1) is 11.8. The van der Waals surface area contributed by atoms with Crippen LogP contribution in [-0.2, 0) is 9.59 Å². The summed E-state index contributed by atoms with van der Waals surface area (Å²) in [5.41, 5.74) is -0.610. The largest absolute Gasteiger partial charge is 0.395 e. The molecule has 4 nitrogen and oxygen atoms in total. The average Bonchev–Trinajstić information content (AvgIpc) is 2.87. The van der Waals surface area contributed by atoms with E-state index in [2.05, 4.69) is 6.92 Å². The molecule has 0 aromatic heterocycles. The Kier molecular flexibility index (Phi) is 3.83.